The van der Waals surface area contributed by atoms with Gasteiger partial charge in [-0.25, -0.2) is 29.9 Å². The first kappa shape index (κ1) is 102. The van der Waals surface area contributed by atoms with Crippen molar-refractivity contribution in [2.75, 3.05) is 92.5 Å². The predicted octanol–water partition coefficient (Wildman–Crippen LogP) is 21.8. The van der Waals surface area contributed by atoms with Crippen LogP contribution in [0.1, 0.15) is 50.7 Å². The van der Waals surface area contributed by atoms with Crippen LogP contribution in [0.15, 0.2) is 30.3 Å². The molecule has 2 aliphatic rings. The number of rotatable bonds is 33. The summed E-state index contributed by atoms with van der Waals surface area (Å²) in [5.41, 5.74) is -16.8. The lowest BCUT2D eigenvalue weighted by Crippen LogP contribution is -2.25. The summed E-state index contributed by atoms with van der Waals surface area (Å²) in [5.74, 6) is -34.4. The Hall–Kier alpha value is -12.9. The minimum atomic E-state index is -6.13. The zero-order chi connectivity index (χ0) is 98.9. The number of alkyl halides is 36. The van der Waals surface area contributed by atoms with Crippen LogP contribution < -0.4 is 66.3 Å². The molecule has 2 aliphatic heterocycles. The van der Waals surface area contributed by atoms with Crippen molar-refractivity contribution in [3.8, 4) is 138 Å². The van der Waals surface area contributed by atoms with Crippen LogP contribution in [0.2, 0.25) is 0 Å². The van der Waals surface area contributed by atoms with Gasteiger partial charge >= 0.3 is 74.1 Å². The summed E-state index contributed by atoms with van der Waals surface area (Å²) in [7, 11) is 0. The zero-order valence-electron chi connectivity index (χ0n) is 65.4. The summed E-state index contributed by atoms with van der Waals surface area (Å²) in [6, 6.07) is 4.53. The Kier molecular flexibility index (Phi) is 29.5. The molecule has 0 atom stereocenters. The van der Waals surface area contributed by atoms with Crippen LogP contribution >= 0.6 is 0 Å². The minimum absolute atomic E-state index is 0.0526. The Morgan fingerprint density at radius 3 is 0.759 bits per heavy atom. The van der Waals surface area contributed by atoms with Crippen LogP contribution in [-0.4, -0.2) is 211 Å². The molecule has 5 aromatic carbocycles. The lowest BCUT2D eigenvalue weighted by molar-refractivity contribution is -0.384. The highest BCUT2D eigenvalue weighted by Gasteiger charge is 2.49. The molecule has 10 rings (SSSR count). The number of aromatic amines is 2. The van der Waals surface area contributed by atoms with E-state index in [-0.39, 0.29) is 31.2 Å². The van der Waals surface area contributed by atoms with E-state index in [0.717, 1.165) is 30.3 Å². The highest BCUT2D eigenvalue weighted by atomic mass is 19.5. The number of H-pyrrole nitrogens is 2. The van der Waals surface area contributed by atoms with E-state index in [9.17, 15) is 155 Å². The van der Waals surface area contributed by atoms with Gasteiger partial charge in [-0.05, 0) is 25.0 Å². The third-order valence-corrected chi connectivity index (χ3v) is 16.3. The second kappa shape index (κ2) is 38.4. The molecule has 0 saturated heterocycles. The van der Waals surface area contributed by atoms with Crippen LogP contribution in [0.25, 0.3) is 89.7 Å². The first-order valence-electron chi connectivity index (χ1n) is 36.3. The summed E-state index contributed by atoms with van der Waals surface area (Å²) >= 11 is 0. The third-order valence-electron chi connectivity index (χ3n) is 16.3. The number of fused-ring (bicyclic) bond motifs is 20. The Labute approximate surface area is 713 Å². The molecule has 25 nitrogen and oxygen atoms in total. The van der Waals surface area contributed by atoms with Gasteiger partial charge in [-0.15, -0.1) is 0 Å². The van der Waals surface area contributed by atoms with Crippen molar-refractivity contribution in [3.63, 3.8) is 0 Å². The lowest BCUT2D eigenvalue weighted by Gasteiger charge is -2.24. The second-order valence-corrected chi connectivity index (χ2v) is 27.1. The minimum Gasteiger partial charge on any atom is -0.493 e. The number of hydrogen-bond acceptors (Lipinski definition) is 22. The summed E-state index contributed by atoms with van der Waals surface area (Å²) in [4.78, 5) is 38.8. The molecule has 0 amide bonds. The van der Waals surface area contributed by atoms with Crippen LogP contribution in [0.3, 0.4) is 0 Å². The van der Waals surface area contributed by atoms with Gasteiger partial charge < -0.3 is 76.3 Å². The number of benzene rings is 5. The van der Waals surface area contributed by atoms with Gasteiger partial charge in [0, 0.05) is 23.8 Å². The standard InChI is InChI=1S/C72H49F36N9O16/c1-3-5-13-120-31-15-29(10-7-28-8-11-30(12-9-28)117(118)119)40(121-14-6-4-2)33-32(31)53-109-54(33)111-56-36-37(44(125-19-64(82,83)84)50(131-25-70(100,101)102)49(130-24-69(97,98)99)43(36)124-18-63(79,80)81)58(113-56)115-60-39-38(45(126-20-65(85,86)87)51(132-26-71(103,104)105)52(133-27-72(106,107)108)46(39)127-21-66(88,89)90)59(116-60)114-57-35-34(55(110-53)112-57)41(122-16-61(73,74)75)47(128-22-67(91,92)93)48(129-23-68(94,95)96)42(35)123-17-62(76,77)78/h8-9,11-12,15H,3-6,13-14,16-27H2,1-2H3,(H2,109,110,111,112,113,114,115,116). The number of nitrogens with zero attached hydrogens (tertiary/aromatic N) is 7. The molecule has 730 valence electrons. The topological polar surface area (TPSA) is 281 Å². The Morgan fingerprint density at radius 1 is 0.286 bits per heavy atom. The van der Waals surface area contributed by atoms with Gasteiger partial charge in [-0.1, -0.05) is 38.5 Å². The van der Waals surface area contributed by atoms with Gasteiger partial charge in [-0.2, -0.15) is 158 Å². The molecular weight excluding hydrogens is 1930 g/mol. The van der Waals surface area contributed by atoms with Gasteiger partial charge in [0.25, 0.3) is 5.69 Å². The summed E-state index contributed by atoms with van der Waals surface area (Å²) in [6.07, 6.45) is -72.8. The zero-order valence-corrected chi connectivity index (χ0v) is 65.4. The van der Waals surface area contributed by atoms with E-state index in [1.54, 1.807) is 4.98 Å². The number of unbranched alkanes of at least 4 members (excludes halogenated alkanes) is 2. The van der Waals surface area contributed by atoms with Gasteiger partial charge in [0.2, 0.25) is 34.5 Å². The fourth-order valence-corrected chi connectivity index (χ4v) is 11.6. The molecule has 8 bridgehead atoms. The van der Waals surface area contributed by atoms with Crippen molar-refractivity contribution in [2.24, 2.45) is 0 Å². The van der Waals surface area contributed by atoms with Crippen molar-refractivity contribution >= 4 is 49.8 Å². The van der Waals surface area contributed by atoms with Crippen LogP contribution in [0, 0.1) is 22.0 Å². The molecule has 2 N–H and O–H groups in total. The Bertz CT molecular complexity index is 5850. The fourth-order valence-electron chi connectivity index (χ4n) is 11.6. The molecule has 8 aromatic rings. The summed E-state index contributed by atoms with van der Waals surface area (Å²) < 4.78 is 604. The molecule has 61 heteroatoms. The number of non-ortho nitro benzene ring substituents is 1. The van der Waals surface area contributed by atoms with Crippen molar-refractivity contribution in [1.29, 1.82) is 0 Å². The van der Waals surface area contributed by atoms with E-state index >= 15 is 13.2 Å². The summed E-state index contributed by atoms with van der Waals surface area (Å²) in [6.45, 7) is -36.0. The SMILES string of the molecule is CCCCOc1cc(C#Cc2ccc([N+](=O)[O-])cc2)c(OCCCC)c2c3nc4nc(nc5[nH]c(nc6nc(nc([nH]3)c12)-c1c(OCC(F)(F)F)c(OCC(F)(F)F)c(OCC(F)(F)F)c(OCC(F)(F)F)c1-6)c1c(OCC(F)(F)F)c(OCC(F)(F)F)c(OCC(F)(F)F)c(OCC(F)(F)F)c51)-c1c(OCC(F)(F)F)c(OCC(F)(F)F)c(OCC(F)(F)F)c(OCC(F)(F)F)c1-4. The molecule has 0 fully saturated rings. The highest BCUT2D eigenvalue weighted by Crippen LogP contribution is 2.63. The maximum Gasteiger partial charge on any atom is 0.422 e. The normalized spacial score (nSPS) is 13.1. The highest BCUT2D eigenvalue weighted by molar-refractivity contribution is 6.16. The molecule has 0 saturated carbocycles. The quantitative estimate of drug-likeness (QED) is 0.0127. The van der Waals surface area contributed by atoms with Crippen LogP contribution in [0.5, 0.6) is 80.5 Å². The van der Waals surface area contributed by atoms with E-state index < -0.39 is 353 Å². The predicted molar refractivity (Wildman–Crippen MR) is 375 cm³/mol. The maximum atomic E-state index is 15.0. The number of ether oxygens (including phenoxy) is 14. The number of halogens is 36. The van der Waals surface area contributed by atoms with Crippen molar-refractivity contribution < 1.29 is 229 Å². The van der Waals surface area contributed by atoms with E-state index in [1.807, 2.05) is 0 Å². The number of nitro groups is 1. The molecule has 5 heterocycles. The molecule has 3 aromatic heterocycles. The maximum absolute atomic E-state index is 15.0. The first-order chi connectivity index (χ1) is 61.2. The van der Waals surface area contributed by atoms with Crippen molar-refractivity contribution in [2.45, 2.75) is 114 Å². The first-order valence-corrected chi connectivity index (χ1v) is 36.3. The summed E-state index contributed by atoms with van der Waals surface area (Å²) in [5, 5.41) is 5.22. The molecule has 0 unspecified atom stereocenters. The van der Waals surface area contributed by atoms with E-state index in [2.05, 4.69) is 65.7 Å². The van der Waals surface area contributed by atoms with Gasteiger partial charge in [0.1, 0.15) is 34.1 Å². The monoisotopic (exact) mass is 1980 g/mol. The fraction of sp³-hybridized carbons (Fsp3) is 0.444. The van der Waals surface area contributed by atoms with Gasteiger partial charge in [0.15, 0.2) is 137 Å². The van der Waals surface area contributed by atoms with E-state index in [0.29, 0.717) is 0 Å². The van der Waals surface area contributed by atoms with E-state index in [1.165, 1.54) is 13.8 Å². The molecule has 0 spiro atoms. The lowest BCUT2D eigenvalue weighted by atomic mass is 10.0. The van der Waals surface area contributed by atoms with Gasteiger partial charge in [-0.3, -0.25) is 10.1 Å². The number of nitro benzene ring substituents is 1. The van der Waals surface area contributed by atoms with Crippen molar-refractivity contribution in [1.82, 2.24) is 39.9 Å². The van der Waals surface area contributed by atoms with Crippen LogP contribution in [0.4, 0.5) is 164 Å². The smallest absolute Gasteiger partial charge is 0.422 e. The number of nitrogens with one attached hydrogen (secondary N) is 2. The average molecular weight is 1980 g/mol. The van der Waals surface area contributed by atoms with Crippen LogP contribution in [-0.2, 0) is 0 Å². The van der Waals surface area contributed by atoms with Gasteiger partial charge in [0.05, 0.1) is 67.5 Å². The largest absolute Gasteiger partial charge is 0.493 e. The van der Waals surface area contributed by atoms with Crippen molar-refractivity contribution in [3.05, 3.63) is 51.6 Å². The molecule has 0 radical (unpaired) electrons. The number of hydrogen-bond donors (Lipinski definition) is 2. The number of aromatic nitrogens is 8. The molecular formula is C72H49F36N9O16. The molecule has 0 aliphatic carbocycles. The Balaban J connectivity index is 1.70. The second-order valence-electron chi connectivity index (χ2n) is 27.1. The average Bonchev–Trinajstić information content (AvgIpc) is 1.56. The van der Waals surface area contributed by atoms with E-state index in [4.69, 9.17) is 47.4 Å². The third kappa shape index (κ3) is 27.4. The molecule has 133 heavy (non-hydrogen) atoms. The Morgan fingerprint density at radius 2 is 0.511 bits per heavy atom.